The van der Waals surface area contributed by atoms with E-state index in [9.17, 15) is 9.18 Å². The summed E-state index contributed by atoms with van der Waals surface area (Å²) < 4.78 is 24.7. The maximum atomic E-state index is 13.4. The fourth-order valence-electron chi connectivity index (χ4n) is 2.85. The summed E-state index contributed by atoms with van der Waals surface area (Å²) in [6.45, 7) is 4.72. The number of aromatic nitrogens is 2. The van der Waals surface area contributed by atoms with E-state index in [0.717, 1.165) is 0 Å². The number of ether oxygens (including phenoxy) is 2. The van der Waals surface area contributed by atoms with Crippen LogP contribution in [-0.4, -0.2) is 41.2 Å². The summed E-state index contributed by atoms with van der Waals surface area (Å²) in [5.41, 5.74) is 6.61. The molecule has 2 atom stereocenters. The van der Waals surface area contributed by atoms with Gasteiger partial charge in [0.2, 0.25) is 5.95 Å². The summed E-state index contributed by atoms with van der Waals surface area (Å²) in [6, 6.07) is 7.15. The van der Waals surface area contributed by atoms with E-state index in [1.165, 1.54) is 12.1 Å². The lowest BCUT2D eigenvalue weighted by atomic mass is 10.1. The van der Waals surface area contributed by atoms with Crippen LogP contribution in [-0.2, 0) is 4.74 Å². The highest BCUT2D eigenvalue weighted by Gasteiger charge is 2.30. The molecule has 7 nitrogen and oxygen atoms in total. The monoisotopic (exact) mass is 374 g/mol. The number of anilines is 1. The average Bonchev–Trinajstić information content (AvgIpc) is 2.63. The van der Waals surface area contributed by atoms with Crippen LogP contribution in [0.5, 0.6) is 5.75 Å². The molecule has 144 valence electrons. The SMILES string of the molecule is CC(C)c1cc(C(=O)N[C@@H]2COCC[C@@H]2Oc2cccc(F)c2)nc(N)n1. The third-order valence-electron chi connectivity index (χ3n) is 4.28. The molecule has 1 aromatic carbocycles. The number of nitrogens with zero attached hydrogens (tertiary/aromatic N) is 2. The standard InChI is InChI=1S/C19H23FN4O3/c1-11(2)14-9-15(24-19(21)23-14)18(25)22-16-10-26-7-6-17(16)27-13-5-3-4-12(20)8-13/h3-5,8-9,11,16-17H,6-7,10H2,1-2H3,(H,22,25)(H2,21,23,24)/t16-,17+/m1/s1. The van der Waals surface area contributed by atoms with E-state index in [1.54, 1.807) is 18.2 Å². The van der Waals surface area contributed by atoms with Crippen LogP contribution in [0.3, 0.4) is 0 Å². The number of halogens is 1. The molecule has 0 spiro atoms. The molecule has 1 fully saturated rings. The molecule has 0 radical (unpaired) electrons. The average molecular weight is 374 g/mol. The zero-order chi connectivity index (χ0) is 19.4. The minimum atomic E-state index is -0.395. The largest absolute Gasteiger partial charge is 0.488 e. The first-order valence-electron chi connectivity index (χ1n) is 8.87. The van der Waals surface area contributed by atoms with Crippen molar-refractivity contribution in [3.63, 3.8) is 0 Å². The van der Waals surface area contributed by atoms with Crippen molar-refractivity contribution < 1.29 is 18.7 Å². The molecule has 1 aliphatic rings. The predicted molar refractivity (Wildman–Crippen MR) is 98.0 cm³/mol. The Bertz CT molecular complexity index is 815. The van der Waals surface area contributed by atoms with Gasteiger partial charge >= 0.3 is 0 Å². The number of nitrogens with one attached hydrogen (secondary N) is 1. The van der Waals surface area contributed by atoms with Crippen LogP contribution in [0.2, 0.25) is 0 Å². The third-order valence-corrected chi connectivity index (χ3v) is 4.28. The number of hydrogen-bond donors (Lipinski definition) is 2. The molecule has 1 saturated heterocycles. The maximum absolute atomic E-state index is 13.4. The fraction of sp³-hybridized carbons (Fsp3) is 0.421. The summed E-state index contributed by atoms with van der Waals surface area (Å²) in [5, 5.41) is 2.88. The number of nitrogens with two attached hydrogens (primary N) is 1. The van der Waals surface area contributed by atoms with Gasteiger partial charge in [-0.2, -0.15) is 0 Å². The minimum Gasteiger partial charge on any atom is -0.488 e. The second-order valence-corrected chi connectivity index (χ2v) is 6.75. The van der Waals surface area contributed by atoms with Gasteiger partial charge in [-0.25, -0.2) is 14.4 Å². The topological polar surface area (TPSA) is 99.4 Å². The van der Waals surface area contributed by atoms with E-state index >= 15 is 0 Å². The van der Waals surface area contributed by atoms with E-state index in [1.807, 2.05) is 13.8 Å². The minimum absolute atomic E-state index is 0.0544. The van der Waals surface area contributed by atoms with Crippen molar-refractivity contribution in [2.75, 3.05) is 18.9 Å². The van der Waals surface area contributed by atoms with Gasteiger partial charge in [0.05, 0.1) is 19.3 Å². The smallest absolute Gasteiger partial charge is 0.270 e. The van der Waals surface area contributed by atoms with Crippen LogP contribution >= 0.6 is 0 Å². The summed E-state index contributed by atoms with van der Waals surface area (Å²) in [5.74, 6) is -0.176. The lowest BCUT2D eigenvalue weighted by molar-refractivity contribution is -0.00304. The molecule has 1 amide bonds. The normalized spacial score (nSPS) is 19.7. The van der Waals surface area contributed by atoms with E-state index in [-0.39, 0.29) is 35.4 Å². The first-order chi connectivity index (χ1) is 12.9. The molecular weight excluding hydrogens is 351 g/mol. The molecule has 0 saturated carbocycles. The number of rotatable bonds is 5. The highest BCUT2D eigenvalue weighted by Crippen LogP contribution is 2.20. The van der Waals surface area contributed by atoms with Gasteiger partial charge in [-0.05, 0) is 24.1 Å². The number of benzene rings is 1. The Morgan fingerprint density at radius 2 is 2.19 bits per heavy atom. The first kappa shape index (κ1) is 19.0. The summed E-state index contributed by atoms with van der Waals surface area (Å²) in [6.07, 6.45) is 0.234. The van der Waals surface area contributed by atoms with Gasteiger partial charge < -0.3 is 20.5 Å². The number of carbonyl (C=O) groups is 1. The molecule has 2 aromatic rings. The van der Waals surface area contributed by atoms with E-state index in [2.05, 4.69) is 15.3 Å². The number of amides is 1. The van der Waals surface area contributed by atoms with Gasteiger partial charge in [0.15, 0.2) is 0 Å². The Labute approximate surface area is 157 Å². The molecule has 8 heteroatoms. The first-order valence-corrected chi connectivity index (χ1v) is 8.87. The van der Waals surface area contributed by atoms with E-state index in [4.69, 9.17) is 15.2 Å². The highest BCUT2D eigenvalue weighted by atomic mass is 19.1. The van der Waals surface area contributed by atoms with Crippen LogP contribution in [0.25, 0.3) is 0 Å². The Hall–Kier alpha value is -2.74. The van der Waals surface area contributed by atoms with Crippen LogP contribution in [0.15, 0.2) is 30.3 Å². The van der Waals surface area contributed by atoms with Gasteiger partial charge in [0.1, 0.15) is 23.4 Å². The third kappa shape index (κ3) is 4.91. The Morgan fingerprint density at radius 3 is 2.93 bits per heavy atom. The van der Waals surface area contributed by atoms with E-state index in [0.29, 0.717) is 31.1 Å². The van der Waals surface area contributed by atoms with Gasteiger partial charge in [-0.3, -0.25) is 4.79 Å². The molecule has 3 N–H and O–H groups in total. The Morgan fingerprint density at radius 1 is 1.37 bits per heavy atom. The van der Waals surface area contributed by atoms with Crippen molar-refractivity contribution in [3.8, 4) is 5.75 Å². The second kappa shape index (κ2) is 8.30. The fourth-order valence-corrected chi connectivity index (χ4v) is 2.85. The molecule has 0 aliphatic carbocycles. The molecule has 2 heterocycles. The van der Waals surface area contributed by atoms with Crippen molar-refractivity contribution in [1.29, 1.82) is 0 Å². The van der Waals surface area contributed by atoms with Crippen LogP contribution in [0.4, 0.5) is 10.3 Å². The predicted octanol–water partition coefficient (Wildman–Crippen LogP) is 2.29. The molecule has 1 aliphatic heterocycles. The summed E-state index contributed by atoms with van der Waals surface area (Å²) in [7, 11) is 0. The molecular formula is C19H23FN4O3. The van der Waals surface area contributed by atoms with Crippen LogP contribution in [0.1, 0.15) is 42.4 Å². The molecule has 27 heavy (non-hydrogen) atoms. The van der Waals surface area contributed by atoms with Crippen molar-refractivity contribution in [3.05, 3.63) is 47.5 Å². The van der Waals surface area contributed by atoms with Crippen LogP contribution < -0.4 is 15.8 Å². The second-order valence-electron chi connectivity index (χ2n) is 6.75. The zero-order valence-corrected chi connectivity index (χ0v) is 15.3. The Balaban J connectivity index is 1.73. The molecule has 1 aromatic heterocycles. The van der Waals surface area contributed by atoms with Gasteiger partial charge in [0, 0.05) is 18.2 Å². The number of nitrogen functional groups attached to an aromatic ring is 1. The lowest BCUT2D eigenvalue weighted by Crippen LogP contribution is -2.52. The number of carbonyl (C=O) groups excluding carboxylic acids is 1. The number of hydrogen-bond acceptors (Lipinski definition) is 6. The van der Waals surface area contributed by atoms with Crippen LogP contribution in [0, 0.1) is 5.82 Å². The quantitative estimate of drug-likeness (QED) is 0.833. The lowest BCUT2D eigenvalue weighted by Gasteiger charge is -2.32. The van der Waals surface area contributed by atoms with Crippen molar-refractivity contribution in [1.82, 2.24) is 15.3 Å². The molecule has 0 bridgehead atoms. The van der Waals surface area contributed by atoms with Crippen molar-refractivity contribution in [2.24, 2.45) is 0 Å². The summed E-state index contributed by atoms with van der Waals surface area (Å²) in [4.78, 5) is 20.8. The van der Waals surface area contributed by atoms with Crippen molar-refractivity contribution in [2.45, 2.75) is 38.3 Å². The zero-order valence-electron chi connectivity index (χ0n) is 15.3. The van der Waals surface area contributed by atoms with Gasteiger partial charge in [0.25, 0.3) is 5.91 Å². The van der Waals surface area contributed by atoms with Crippen molar-refractivity contribution >= 4 is 11.9 Å². The Kier molecular flexibility index (Phi) is 5.85. The summed E-state index contributed by atoms with van der Waals surface area (Å²) >= 11 is 0. The van der Waals surface area contributed by atoms with Gasteiger partial charge in [-0.1, -0.05) is 19.9 Å². The molecule has 3 rings (SSSR count). The highest BCUT2D eigenvalue weighted by molar-refractivity contribution is 5.92. The van der Waals surface area contributed by atoms with E-state index < -0.39 is 6.04 Å². The maximum Gasteiger partial charge on any atom is 0.270 e. The van der Waals surface area contributed by atoms with Gasteiger partial charge in [-0.15, -0.1) is 0 Å². The molecule has 0 unspecified atom stereocenters.